The second-order valence-electron chi connectivity index (χ2n) is 10.6. The number of β-amino-alcohol motifs (C(OH)–C–C–N with tert-alkyl or cyclic N) is 1. The molecule has 0 unspecified atom stereocenters. The fourth-order valence-electron chi connectivity index (χ4n) is 5.60. The minimum Gasteiger partial charge on any atom is -0.391 e. The third kappa shape index (κ3) is 5.10. The maximum absolute atomic E-state index is 13.9. The lowest BCUT2D eigenvalue weighted by molar-refractivity contribution is -0.143. The Morgan fingerprint density at radius 1 is 1.23 bits per heavy atom. The van der Waals surface area contributed by atoms with Crippen molar-refractivity contribution < 1.29 is 19.5 Å². The summed E-state index contributed by atoms with van der Waals surface area (Å²) in [5, 5.41) is 13.4. The third-order valence-corrected chi connectivity index (χ3v) is 8.56. The first kappa shape index (κ1) is 27.5. The molecule has 10 heteroatoms. The Hall–Kier alpha value is -4.07. The van der Waals surface area contributed by atoms with Crippen molar-refractivity contribution in [3.8, 4) is 10.4 Å². The summed E-state index contributed by atoms with van der Waals surface area (Å²) in [6.45, 7) is 13.6. The van der Waals surface area contributed by atoms with E-state index >= 15 is 0 Å². The normalized spacial score (nSPS) is 19.1. The Morgan fingerprint density at radius 3 is 2.62 bits per heavy atom. The number of amides is 3. The van der Waals surface area contributed by atoms with Gasteiger partial charge in [-0.3, -0.25) is 14.4 Å². The summed E-state index contributed by atoms with van der Waals surface area (Å²) in [5.41, 5.74) is 6.08. The number of nitrogens with one attached hydrogen (secondary N) is 1. The minimum absolute atomic E-state index is 0.0192. The van der Waals surface area contributed by atoms with Crippen LogP contribution in [0, 0.1) is 19.4 Å². The van der Waals surface area contributed by atoms with E-state index in [0.29, 0.717) is 11.1 Å². The minimum atomic E-state index is -0.846. The molecule has 40 heavy (non-hydrogen) atoms. The molecule has 3 amide bonds. The number of nitrogens with zero attached hydrogens (tertiary/aromatic N) is 4. The number of likely N-dealkylation sites (tertiary alicyclic amines) is 1. The van der Waals surface area contributed by atoms with Crippen LogP contribution in [0.15, 0.2) is 48.0 Å². The first-order valence-electron chi connectivity index (χ1n) is 13.3. The van der Waals surface area contributed by atoms with Gasteiger partial charge in [-0.2, -0.15) is 0 Å². The summed E-state index contributed by atoms with van der Waals surface area (Å²) in [6, 6.07) is 11.3. The van der Waals surface area contributed by atoms with Gasteiger partial charge in [0.15, 0.2) is 5.69 Å². The average molecular weight is 558 g/mol. The van der Waals surface area contributed by atoms with Gasteiger partial charge in [0.25, 0.3) is 0 Å². The van der Waals surface area contributed by atoms with Crippen molar-refractivity contribution in [1.82, 2.24) is 20.1 Å². The number of benzene rings is 2. The van der Waals surface area contributed by atoms with Crippen molar-refractivity contribution in [3.63, 3.8) is 0 Å². The number of rotatable bonds is 7. The highest BCUT2D eigenvalue weighted by Crippen LogP contribution is 2.35. The molecule has 0 saturated carbocycles. The van der Waals surface area contributed by atoms with Gasteiger partial charge in [-0.05, 0) is 29.5 Å². The second-order valence-corrected chi connectivity index (χ2v) is 11.5. The lowest BCUT2D eigenvalue weighted by Crippen LogP contribution is -2.55. The van der Waals surface area contributed by atoms with Crippen LogP contribution in [0.1, 0.15) is 47.4 Å². The van der Waals surface area contributed by atoms with Gasteiger partial charge in [-0.25, -0.2) is 9.83 Å². The topological polar surface area (TPSA) is 107 Å². The van der Waals surface area contributed by atoms with Gasteiger partial charge in [-0.15, -0.1) is 11.3 Å². The van der Waals surface area contributed by atoms with Crippen molar-refractivity contribution in [3.05, 3.63) is 81.8 Å². The number of aliphatic hydroxyl groups excluding tert-OH is 1. The number of carbonyl (C=O) groups is 3. The van der Waals surface area contributed by atoms with E-state index < -0.39 is 18.2 Å². The van der Waals surface area contributed by atoms with Crippen LogP contribution in [0.5, 0.6) is 0 Å². The van der Waals surface area contributed by atoms with Crippen LogP contribution in [0.25, 0.3) is 15.3 Å². The second kappa shape index (κ2) is 11.2. The molecule has 2 aromatic carbocycles. The standard InChI is InChI=1S/C30H31N5O4S/c1-17(2)26(35-14-21-6-5-7-23(31-4)25(21)29(35)38)30(39)34-15-22(36)12-24(34)28(37)32-13-19-8-10-20(11-9-19)27-18(3)33-16-40-27/h5-11,16-17,22,24,26,36H,12-15H2,1-3H3,(H,32,37)/t22-,24+,26+/m1/s1. The molecule has 1 fully saturated rings. The monoisotopic (exact) mass is 557 g/mol. The molecular formula is C30H31N5O4S. The lowest BCUT2D eigenvalue weighted by atomic mass is 10.00. The summed E-state index contributed by atoms with van der Waals surface area (Å²) in [6.07, 6.45) is -0.711. The molecule has 3 atom stereocenters. The van der Waals surface area contributed by atoms with Crippen molar-refractivity contribution in [2.24, 2.45) is 5.92 Å². The lowest BCUT2D eigenvalue weighted by Gasteiger charge is -2.35. The quantitative estimate of drug-likeness (QED) is 0.428. The number of hydrogen-bond donors (Lipinski definition) is 2. The van der Waals surface area contributed by atoms with Gasteiger partial charge < -0.3 is 20.2 Å². The van der Waals surface area contributed by atoms with Crippen LogP contribution in [0.4, 0.5) is 5.69 Å². The van der Waals surface area contributed by atoms with Crippen molar-refractivity contribution >= 4 is 34.7 Å². The largest absolute Gasteiger partial charge is 0.391 e. The average Bonchev–Trinajstić information content (AvgIpc) is 3.64. The molecule has 9 nitrogen and oxygen atoms in total. The van der Waals surface area contributed by atoms with Crippen LogP contribution in [0.3, 0.4) is 0 Å². The molecule has 5 rings (SSSR count). The maximum atomic E-state index is 13.9. The summed E-state index contributed by atoms with van der Waals surface area (Å²) in [7, 11) is 0. The molecule has 3 aromatic rings. The predicted octanol–water partition coefficient (Wildman–Crippen LogP) is 3.93. The molecule has 2 aliphatic rings. The van der Waals surface area contributed by atoms with Gasteiger partial charge in [0.2, 0.25) is 17.7 Å². The highest BCUT2D eigenvalue weighted by molar-refractivity contribution is 7.13. The van der Waals surface area contributed by atoms with Gasteiger partial charge in [0.1, 0.15) is 12.1 Å². The van der Waals surface area contributed by atoms with E-state index in [1.165, 1.54) is 9.80 Å². The summed E-state index contributed by atoms with van der Waals surface area (Å²) in [5.74, 6) is -1.32. The fraction of sp³-hybridized carbons (Fsp3) is 0.367. The number of carbonyl (C=O) groups excluding carboxylic acids is 3. The Morgan fingerprint density at radius 2 is 1.98 bits per heavy atom. The van der Waals surface area contributed by atoms with Crippen LogP contribution >= 0.6 is 11.3 Å². The molecule has 1 saturated heterocycles. The van der Waals surface area contributed by atoms with Crippen LogP contribution in [0.2, 0.25) is 0 Å². The molecule has 0 radical (unpaired) electrons. The van der Waals surface area contributed by atoms with Crippen molar-refractivity contribution in [2.45, 2.75) is 58.5 Å². The molecule has 0 spiro atoms. The molecule has 3 heterocycles. The molecule has 2 N–H and O–H groups in total. The van der Waals surface area contributed by atoms with Gasteiger partial charge >= 0.3 is 0 Å². The first-order valence-corrected chi connectivity index (χ1v) is 14.1. The number of fused-ring (bicyclic) bond motifs is 1. The zero-order valence-corrected chi connectivity index (χ0v) is 23.4. The van der Waals surface area contributed by atoms with E-state index in [0.717, 1.165) is 21.7 Å². The zero-order chi connectivity index (χ0) is 28.6. The van der Waals surface area contributed by atoms with E-state index in [1.807, 2.05) is 50.5 Å². The van der Waals surface area contributed by atoms with E-state index in [1.54, 1.807) is 29.5 Å². The van der Waals surface area contributed by atoms with Crippen molar-refractivity contribution in [2.75, 3.05) is 6.54 Å². The summed E-state index contributed by atoms with van der Waals surface area (Å²) >= 11 is 1.58. The van der Waals surface area contributed by atoms with Crippen molar-refractivity contribution in [1.29, 1.82) is 0 Å². The molecule has 0 aliphatic carbocycles. The Kier molecular flexibility index (Phi) is 7.70. The fourth-order valence-corrected chi connectivity index (χ4v) is 6.41. The Balaban J connectivity index is 1.29. The highest BCUT2D eigenvalue weighted by atomic mass is 32.1. The number of thiazole rings is 1. The number of aryl methyl sites for hydroxylation is 1. The Labute approximate surface area is 237 Å². The van der Waals surface area contributed by atoms with Crippen LogP contribution in [-0.4, -0.2) is 62.3 Å². The Bertz CT molecular complexity index is 1490. The summed E-state index contributed by atoms with van der Waals surface area (Å²) < 4.78 is 0. The number of hydrogen-bond acceptors (Lipinski definition) is 6. The third-order valence-electron chi connectivity index (χ3n) is 7.58. The molecule has 2 aliphatic heterocycles. The van der Waals surface area contributed by atoms with E-state index in [9.17, 15) is 19.5 Å². The maximum Gasteiger partial charge on any atom is 0.246 e. The van der Waals surface area contributed by atoms with E-state index in [-0.39, 0.29) is 55.4 Å². The molecule has 0 bridgehead atoms. The predicted molar refractivity (Wildman–Crippen MR) is 151 cm³/mol. The van der Waals surface area contributed by atoms with Gasteiger partial charge in [0, 0.05) is 26.1 Å². The smallest absolute Gasteiger partial charge is 0.246 e. The highest BCUT2D eigenvalue weighted by Gasteiger charge is 2.46. The molecule has 1 aromatic heterocycles. The van der Waals surface area contributed by atoms with Crippen LogP contribution in [-0.2, 0) is 22.7 Å². The number of aromatic nitrogens is 1. The molecular weight excluding hydrogens is 526 g/mol. The molecule has 206 valence electrons. The summed E-state index contributed by atoms with van der Waals surface area (Å²) in [4.78, 5) is 52.4. The van der Waals surface area contributed by atoms with Gasteiger partial charge in [-0.1, -0.05) is 56.3 Å². The van der Waals surface area contributed by atoms with Crippen LogP contribution < -0.4 is 5.32 Å². The van der Waals surface area contributed by atoms with E-state index in [4.69, 9.17) is 6.57 Å². The first-order chi connectivity index (χ1) is 19.2. The van der Waals surface area contributed by atoms with E-state index in [2.05, 4.69) is 15.1 Å². The number of aliphatic hydroxyl groups is 1. The zero-order valence-electron chi connectivity index (χ0n) is 22.6. The van der Waals surface area contributed by atoms with Gasteiger partial charge in [0.05, 0.1) is 34.3 Å². The SMILES string of the molecule is [C-]#[N+]c1cccc2c1C(=O)N([C@H](C(=O)N1C[C@H](O)C[C@H]1C(=O)NCc1ccc(-c3scnc3C)cc1)C(C)C)C2.